The normalized spacial score (nSPS) is 16.1. The number of hydrogen-bond acceptors (Lipinski definition) is 5. The van der Waals surface area contributed by atoms with Crippen LogP contribution in [0.4, 0.5) is 0 Å². The van der Waals surface area contributed by atoms with E-state index >= 15 is 0 Å². The summed E-state index contributed by atoms with van der Waals surface area (Å²) in [5.74, 6) is 0.581. The quantitative estimate of drug-likeness (QED) is 0.546. The minimum absolute atomic E-state index is 0.0564. The maximum absolute atomic E-state index is 13.6. The van der Waals surface area contributed by atoms with Crippen LogP contribution in [0, 0.1) is 6.92 Å². The van der Waals surface area contributed by atoms with Gasteiger partial charge in [-0.2, -0.15) is 0 Å². The third-order valence-electron chi connectivity index (χ3n) is 5.92. The van der Waals surface area contributed by atoms with E-state index in [2.05, 4.69) is 38.1 Å². The monoisotopic (exact) mass is 424 g/mol. The second-order valence-electron chi connectivity index (χ2n) is 8.26. The molecule has 2 heterocycles. The van der Waals surface area contributed by atoms with Gasteiger partial charge in [-0.05, 0) is 55.7 Å². The number of aryl methyl sites for hydroxylation is 2. The number of rotatable bonds is 5. The molecule has 0 fully saturated rings. The lowest BCUT2D eigenvalue weighted by atomic mass is 9.86. The molecule has 1 unspecified atom stereocenters. The van der Waals surface area contributed by atoms with Gasteiger partial charge in [-0.1, -0.05) is 38.1 Å². The number of ether oxygens (including phenoxy) is 1. The fourth-order valence-electron chi connectivity index (χ4n) is 4.27. The van der Waals surface area contributed by atoms with Gasteiger partial charge in [-0.3, -0.25) is 14.2 Å². The molecule has 4 rings (SSSR count). The van der Waals surface area contributed by atoms with Gasteiger partial charge in [0, 0.05) is 4.88 Å². The van der Waals surface area contributed by atoms with E-state index in [1.807, 2.05) is 13.8 Å². The number of esters is 1. The van der Waals surface area contributed by atoms with Crippen LogP contribution in [0.1, 0.15) is 72.8 Å². The van der Waals surface area contributed by atoms with Gasteiger partial charge in [-0.15, -0.1) is 11.3 Å². The minimum atomic E-state index is -0.363. The van der Waals surface area contributed by atoms with Gasteiger partial charge < -0.3 is 4.74 Å². The van der Waals surface area contributed by atoms with Gasteiger partial charge in [-0.25, -0.2) is 4.98 Å². The number of benzene rings is 1. The van der Waals surface area contributed by atoms with Crippen LogP contribution in [0.3, 0.4) is 0 Å². The molecule has 1 aromatic carbocycles. The summed E-state index contributed by atoms with van der Waals surface area (Å²) in [6.45, 7) is 8.85. The zero-order chi connectivity index (χ0) is 21.4. The summed E-state index contributed by atoms with van der Waals surface area (Å²) in [6, 6.07) is 8.40. The molecule has 0 amide bonds. The summed E-state index contributed by atoms with van der Waals surface area (Å²) in [5, 5.41) is 0.608. The Kier molecular flexibility index (Phi) is 5.78. The third kappa shape index (κ3) is 3.69. The van der Waals surface area contributed by atoms with E-state index in [1.54, 1.807) is 15.9 Å². The van der Waals surface area contributed by atoms with E-state index in [4.69, 9.17) is 9.72 Å². The largest absolute Gasteiger partial charge is 0.466 e. The number of aromatic nitrogens is 2. The molecule has 0 aliphatic heterocycles. The van der Waals surface area contributed by atoms with Crippen LogP contribution in [0.15, 0.2) is 29.1 Å². The van der Waals surface area contributed by atoms with E-state index in [1.165, 1.54) is 5.56 Å². The Morgan fingerprint density at radius 2 is 2.03 bits per heavy atom. The van der Waals surface area contributed by atoms with Crippen molar-refractivity contribution in [2.45, 2.75) is 65.3 Å². The Morgan fingerprint density at radius 3 is 2.70 bits per heavy atom. The first kappa shape index (κ1) is 20.8. The molecule has 5 nitrogen and oxygen atoms in total. The number of carbonyl (C=O) groups excluding carboxylic acids is 1. The number of fused-ring (bicyclic) bond motifs is 3. The maximum Gasteiger partial charge on any atom is 0.313 e. The Morgan fingerprint density at radius 1 is 1.30 bits per heavy atom. The first-order valence-electron chi connectivity index (χ1n) is 10.7. The predicted octanol–water partition coefficient (Wildman–Crippen LogP) is 4.92. The van der Waals surface area contributed by atoms with Crippen molar-refractivity contribution >= 4 is 27.5 Å². The molecule has 2 aromatic heterocycles. The molecule has 0 spiro atoms. The second kappa shape index (κ2) is 8.34. The summed E-state index contributed by atoms with van der Waals surface area (Å²) >= 11 is 1.56. The van der Waals surface area contributed by atoms with Gasteiger partial charge in [0.05, 0.1) is 24.5 Å². The van der Waals surface area contributed by atoms with Crippen molar-refractivity contribution in [3.63, 3.8) is 0 Å². The van der Waals surface area contributed by atoms with Crippen LogP contribution in [0.25, 0.3) is 10.2 Å². The molecular weight excluding hydrogens is 396 g/mol. The Balaban J connectivity index is 1.80. The number of thiophene rings is 1. The third-order valence-corrected chi connectivity index (χ3v) is 7.08. The van der Waals surface area contributed by atoms with Crippen LogP contribution < -0.4 is 5.56 Å². The van der Waals surface area contributed by atoms with Crippen LogP contribution in [0.2, 0.25) is 0 Å². The highest BCUT2D eigenvalue weighted by Gasteiger charge is 2.33. The van der Waals surface area contributed by atoms with Crippen LogP contribution >= 0.6 is 11.3 Å². The number of nitrogens with zero attached hydrogens (tertiary/aromatic N) is 2. The summed E-state index contributed by atoms with van der Waals surface area (Å²) in [4.78, 5) is 32.8. The Bertz CT molecular complexity index is 1140. The van der Waals surface area contributed by atoms with Gasteiger partial charge in [0.15, 0.2) is 0 Å². The fourth-order valence-corrected chi connectivity index (χ4v) is 5.58. The lowest BCUT2D eigenvalue weighted by Gasteiger charge is -2.21. The lowest BCUT2D eigenvalue weighted by molar-refractivity contribution is -0.145. The Labute approximate surface area is 180 Å². The first-order valence-corrected chi connectivity index (χ1v) is 11.5. The SMILES string of the molecule is CCOC(=O)C1CCCc2sc3nc(C)n(Cc4ccc(C(C)C)cc4)c(=O)c3c21. The van der Waals surface area contributed by atoms with Crippen LogP contribution in [-0.4, -0.2) is 22.1 Å². The fraction of sp³-hybridized carbons (Fsp3) is 0.458. The molecule has 0 N–H and O–H groups in total. The molecule has 0 radical (unpaired) electrons. The molecule has 3 aromatic rings. The van der Waals surface area contributed by atoms with Crippen molar-refractivity contribution < 1.29 is 9.53 Å². The average molecular weight is 425 g/mol. The predicted molar refractivity (Wildman–Crippen MR) is 121 cm³/mol. The van der Waals surface area contributed by atoms with Gasteiger partial charge in [0.25, 0.3) is 5.56 Å². The van der Waals surface area contributed by atoms with Crippen LogP contribution in [0.5, 0.6) is 0 Å². The lowest BCUT2D eigenvalue weighted by Crippen LogP contribution is -2.27. The van der Waals surface area contributed by atoms with Crippen molar-refractivity contribution in [1.29, 1.82) is 0 Å². The van der Waals surface area contributed by atoms with E-state index in [0.29, 0.717) is 30.3 Å². The van der Waals surface area contributed by atoms with E-state index in [0.717, 1.165) is 40.1 Å². The molecule has 6 heteroatoms. The smallest absolute Gasteiger partial charge is 0.313 e. The standard InChI is InChI=1S/C24H28N2O3S/c1-5-29-24(28)18-7-6-8-19-20(18)21-22(30-19)25-15(4)26(23(21)27)13-16-9-11-17(12-10-16)14(2)3/h9-12,14,18H,5-8,13H2,1-4H3. The molecule has 0 saturated carbocycles. The van der Waals surface area contributed by atoms with Crippen molar-refractivity contribution in [3.8, 4) is 0 Å². The minimum Gasteiger partial charge on any atom is -0.466 e. The van der Waals surface area contributed by atoms with Gasteiger partial charge >= 0.3 is 5.97 Å². The number of carbonyl (C=O) groups is 1. The Hall–Kier alpha value is -2.47. The van der Waals surface area contributed by atoms with Crippen molar-refractivity contribution in [3.05, 3.63) is 62.0 Å². The summed E-state index contributed by atoms with van der Waals surface area (Å²) < 4.78 is 7.05. The summed E-state index contributed by atoms with van der Waals surface area (Å²) in [6.07, 6.45) is 2.54. The van der Waals surface area contributed by atoms with E-state index < -0.39 is 0 Å². The molecule has 158 valence electrons. The average Bonchev–Trinajstić information content (AvgIpc) is 3.09. The highest BCUT2D eigenvalue weighted by atomic mass is 32.1. The second-order valence-corrected chi connectivity index (χ2v) is 9.35. The van der Waals surface area contributed by atoms with E-state index in [-0.39, 0.29) is 17.4 Å². The van der Waals surface area contributed by atoms with Crippen molar-refractivity contribution in [2.24, 2.45) is 0 Å². The zero-order valence-electron chi connectivity index (χ0n) is 18.0. The maximum atomic E-state index is 13.6. The van der Waals surface area contributed by atoms with Gasteiger partial charge in [0.1, 0.15) is 10.7 Å². The highest BCUT2D eigenvalue weighted by molar-refractivity contribution is 7.18. The molecular formula is C24H28N2O3S. The highest BCUT2D eigenvalue weighted by Crippen LogP contribution is 2.41. The number of hydrogen-bond donors (Lipinski definition) is 0. The summed E-state index contributed by atoms with van der Waals surface area (Å²) in [7, 11) is 0. The molecule has 30 heavy (non-hydrogen) atoms. The zero-order valence-corrected chi connectivity index (χ0v) is 18.8. The summed E-state index contributed by atoms with van der Waals surface area (Å²) in [5.41, 5.74) is 3.15. The van der Waals surface area contributed by atoms with Crippen LogP contribution in [-0.2, 0) is 22.5 Å². The van der Waals surface area contributed by atoms with Crippen molar-refractivity contribution in [1.82, 2.24) is 9.55 Å². The molecule has 0 bridgehead atoms. The molecule has 0 saturated heterocycles. The molecule has 1 atom stereocenters. The van der Waals surface area contributed by atoms with E-state index in [9.17, 15) is 9.59 Å². The molecule has 1 aliphatic rings. The van der Waals surface area contributed by atoms with Gasteiger partial charge in [0.2, 0.25) is 0 Å². The topological polar surface area (TPSA) is 61.2 Å². The molecule has 1 aliphatic carbocycles. The first-order chi connectivity index (χ1) is 14.4. The van der Waals surface area contributed by atoms with Crippen molar-refractivity contribution in [2.75, 3.05) is 6.61 Å².